The largest absolute Gasteiger partial charge is 0.370 e. The van der Waals surface area contributed by atoms with Crippen LogP contribution in [0.4, 0.5) is 11.4 Å². The lowest BCUT2D eigenvalue weighted by atomic mass is 9.83. The van der Waals surface area contributed by atoms with Crippen LogP contribution in [0, 0.1) is 16.0 Å². The van der Waals surface area contributed by atoms with E-state index in [1.54, 1.807) is 12.1 Å². The van der Waals surface area contributed by atoms with Gasteiger partial charge in [-0.1, -0.05) is 12.8 Å². The van der Waals surface area contributed by atoms with Gasteiger partial charge < -0.3 is 10.6 Å². The maximum absolute atomic E-state index is 10.8. The van der Waals surface area contributed by atoms with E-state index in [1.165, 1.54) is 12.8 Å². The van der Waals surface area contributed by atoms with Crippen molar-refractivity contribution in [3.05, 3.63) is 32.8 Å². The topological polar surface area (TPSA) is 72.4 Å². The average Bonchev–Trinajstić information content (AvgIpc) is 2.46. The molecule has 0 bridgehead atoms. The second-order valence-electron chi connectivity index (χ2n) is 5.35. The minimum absolute atomic E-state index is 0.105. The monoisotopic (exact) mass is 341 g/mol. The van der Waals surface area contributed by atoms with Gasteiger partial charge >= 0.3 is 0 Å². The molecule has 20 heavy (non-hydrogen) atoms. The van der Waals surface area contributed by atoms with Crippen molar-refractivity contribution in [3.8, 4) is 0 Å². The number of anilines is 1. The molecule has 0 spiro atoms. The van der Waals surface area contributed by atoms with Gasteiger partial charge in [-0.2, -0.15) is 0 Å². The van der Waals surface area contributed by atoms with Crippen LogP contribution in [-0.4, -0.2) is 24.6 Å². The third-order valence-electron chi connectivity index (χ3n) is 4.19. The minimum Gasteiger partial charge on any atom is -0.370 e. The smallest absolute Gasteiger partial charge is 0.270 e. The fraction of sp³-hybridized carbons (Fsp3) is 0.571. The van der Waals surface area contributed by atoms with Crippen LogP contribution in [0.3, 0.4) is 0 Å². The molecule has 0 aromatic heterocycles. The number of nitrogens with two attached hydrogens (primary N) is 1. The number of benzene rings is 1. The fourth-order valence-electron chi connectivity index (χ4n) is 3.05. The van der Waals surface area contributed by atoms with Crippen molar-refractivity contribution in [1.29, 1.82) is 0 Å². The zero-order chi connectivity index (χ0) is 14.7. The Bertz CT molecular complexity index is 495. The van der Waals surface area contributed by atoms with Gasteiger partial charge in [0, 0.05) is 29.7 Å². The van der Waals surface area contributed by atoms with Gasteiger partial charge in [-0.15, -0.1) is 0 Å². The molecule has 2 unspecified atom stereocenters. The van der Waals surface area contributed by atoms with Gasteiger partial charge in [-0.3, -0.25) is 10.1 Å². The molecule has 2 atom stereocenters. The van der Waals surface area contributed by atoms with Crippen LogP contribution in [0.5, 0.6) is 0 Å². The molecule has 1 fully saturated rings. The van der Waals surface area contributed by atoms with Gasteiger partial charge in [0.2, 0.25) is 0 Å². The molecule has 6 heteroatoms. The van der Waals surface area contributed by atoms with Crippen LogP contribution in [-0.2, 0) is 0 Å². The molecule has 5 nitrogen and oxygen atoms in total. The molecule has 0 saturated heterocycles. The molecule has 1 aromatic carbocycles. The van der Waals surface area contributed by atoms with Gasteiger partial charge in [-0.05, 0) is 47.3 Å². The Balaban J connectivity index is 2.23. The van der Waals surface area contributed by atoms with Crippen molar-refractivity contribution < 1.29 is 4.92 Å². The third-order valence-corrected chi connectivity index (χ3v) is 4.83. The Labute approximate surface area is 127 Å². The van der Waals surface area contributed by atoms with E-state index in [2.05, 4.69) is 20.8 Å². The zero-order valence-electron chi connectivity index (χ0n) is 11.6. The summed E-state index contributed by atoms with van der Waals surface area (Å²) < 4.78 is 0.760. The molecule has 1 aliphatic carbocycles. The Kier molecular flexibility index (Phi) is 4.99. The van der Waals surface area contributed by atoms with Crippen LogP contribution >= 0.6 is 15.9 Å². The highest BCUT2D eigenvalue weighted by Crippen LogP contribution is 2.35. The highest BCUT2D eigenvalue weighted by atomic mass is 79.9. The van der Waals surface area contributed by atoms with Gasteiger partial charge in [0.25, 0.3) is 5.69 Å². The van der Waals surface area contributed by atoms with E-state index in [0.29, 0.717) is 18.5 Å². The zero-order valence-corrected chi connectivity index (χ0v) is 13.2. The van der Waals surface area contributed by atoms with Gasteiger partial charge in [0.15, 0.2) is 0 Å². The van der Waals surface area contributed by atoms with E-state index in [0.717, 1.165) is 23.0 Å². The summed E-state index contributed by atoms with van der Waals surface area (Å²) in [6.07, 6.45) is 4.75. The standard InChI is InChI=1S/C14H20BrN3O2/c1-17(13-5-3-2-4-10(13)9-16)14-7-6-11(18(19)20)8-12(14)15/h6-8,10,13H,2-5,9,16H2,1H3. The lowest BCUT2D eigenvalue weighted by Crippen LogP contribution is -2.43. The SMILES string of the molecule is CN(c1ccc([N+](=O)[O-])cc1Br)C1CCCCC1CN. The molecule has 1 aliphatic rings. The van der Waals surface area contributed by atoms with E-state index in [-0.39, 0.29) is 10.6 Å². The second kappa shape index (κ2) is 6.54. The first kappa shape index (κ1) is 15.3. The summed E-state index contributed by atoms with van der Waals surface area (Å²) in [5, 5.41) is 10.8. The number of rotatable bonds is 4. The molecular weight excluding hydrogens is 322 g/mol. The first-order valence-electron chi connectivity index (χ1n) is 6.91. The van der Waals surface area contributed by atoms with Crippen LogP contribution in [0.2, 0.25) is 0 Å². The van der Waals surface area contributed by atoms with Crippen molar-refractivity contribution >= 4 is 27.3 Å². The Morgan fingerprint density at radius 3 is 2.75 bits per heavy atom. The van der Waals surface area contributed by atoms with Gasteiger partial charge in [0.1, 0.15) is 0 Å². The average molecular weight is 342 g/mol. The molecule has 2 rings (SSSR count). The number of hydrogen-bond acceptors (Lipinski definition) is 4. The summed E-state index contributed by atoms with van der Waals surface area (Å²) in [4.78, 5) is 12.6. The Hall–Kier alpha value is -1.14. The Morgan fingerprint density at radius 1 is 1.45 bits per heavy atom. The summed E-state index contributed by atoms with van der Waals surface area (Å²) in [5.41, 5.74) is 6.98. The molecule has 1 saturated carbocycles. The van der Waals surface area contributed by atoms with Crippen LogP contribution < -0.4 is 10.6 Å². The summed E-state index contributed by atoms with van der Waals surface area (Å²) >= 11 is 3.45. The lowest BCUT2D eigenvalue weighted by molar-refractivity contribution is -0.384. The van der Waals surface area contributed by atoms with E-state index in [9.17, 15) is 10.1 Å². The number of nitrogens with zero attached hydrogens (tertiary/aromatic N) is 2. The van der Waals surface area contributed by atoms with Crippen molar-refractivity contribution in [3.63, 3.8) is 0 Å². The number of non-ortho nitro benzene ring substituents is 1. The number of nitro benzene ring substituents is 1. The molecular formula is C14H20BrN3O2. The van der Waals surface area contributed by atoms with Gasteiger partial charge in [-0.25, -0.2) is 0 Å². The molecule has 110 valence electrons. The number of nitro groups is 1. The predicted octanol–water partition coefficient (Wildman–Crippen LogP) is 3.31. The molecule has 0 amide bonds. The lowest BCUT2D eigenvalue weighted by Gasteiger charge is -2.39. The fourth-order valence-corrected chi connectivity index (χ4v) is 3.69. The van der Waals surface area contributed by atoms with E-state index in [1.807, 2.05) is 13.1 Å². The maximum atomic E-state index is 10.8. The first-order chi connectivity index (χ1) is 9.54. The van der Waals surface area contributed by atoms with Crippen molar-refractivity contribution in [2.24, 2.45) is 11.7 Å². The van der Waals surface area contributed by atoms with Crippen molar-refractivity contribution in [2.45, 2.75) is 31.7 Å². The number of hydrogen-bond donors (Lipinski definition) is 1. The summed E-state index contributed by atoms with van der Waals surface area (Å²) in [7, 11) is 2.05. The first-order valence-corrected chi connectivity index (χ1v) is 7.70. The molecule has 0 radical (unpaired) electrons. The summed E-state index contributed by atoms with van der Waals surface area (Å²) in [6, 6.07) is 5.33. The molecule has 0 aliphatic heterocycles. The van der Waals surface area contributed by atoms with E-state index < -0.39 is 0 Å². The van der Waals surface area contributed by atoms with Gasteiger partial charge in [0.05, 0.1) is 10.6 Å². The van der Waals surface area contributed by atoms with Crippen molar-refractivity contribution in [2.75, 3.05) is 18.5 Å². The Morgan fingerprint density at radius 2 is 2.15 bits per heavy atom. The van der Waals surface area contributed by atoms with Crippen LogP contribution in [0.1, 0.15) is 25.7 Å². The van der Waals surface area contributed by atoms with E-state index >= 15 is 0 Å². The van der Waals surface area contributed by atoms with Crippen LogP contribution in [0.15, 0.2) is 22.7 Å². The summed E-state index contributed by atoms with van der Waals surface area (Å²) in [6.45, 7) is 0.694. The third kappa shape index (κ3) is 3.12. The maximum Gasteiger partial charge on any atom is 0.270 e. The molecule has 2 N–H and O–H groups in total. The van der Waals surface area contributed by atoms with Crippen molar-refractivity contribution in [1.82, 2.24) is 0 Å². The minimum atomic E-state index is -0.377. The predicted molar refractivity (Wildman–Crippen MR) is 84.0 cm³/mol. The van der Waals surface area contributed by atoms with E-state index in [4.69, 9.17) is 5.73 Å². The van der Waals surface area contributed by atoms with Crippen LogP contribution in [0.25, 0.3) is 0 Å². The highest BCUT2D eigenvalue weighted by Gasteiger charge is 2.28. The second-order valence-corrected chi connectivity index (χ2v) is 6.21. The highest BCUT2D eigenvalue weighted by molar-refractivity contribution is 9.10. The molecule has 1 aromatic rings. The number of halogens is 1. The summed E-state index contributed by atoms with van der Waals surface area (Å²) in [5.74, 6) is 0.496. The normalized spacial score (nSPS) is 22.6. The quantitative estimate of drug-likeness (QED) is 0.673. The molecule has 0 heterocycles.